The van der Waals surface area contributed by atoms with Crippen LogP contribution in [0.5, 0.6) is 5.75 Å². The van der Waals surface area contributed by atoms with Crippen LogP contribution in [0.15, 0.2) is 69.6 Å². The molecule has 0 unspecified atom stereocenters. The lowest BCUT2D eigenvalue weighted by atomic mass is 10.1. The highest BCUT2D eigenvalue weighted by Gasteiger charge is 2.29. The van der Waals surface area contributed by atoms with E-state index in [0.717, 1.165) is 15.8 Å². The molecule has 6 heteroatoms. The molecule has 140 valence electrons. The Morgan fingerprint density at radius 3 is 2.41 bits per heavy atom. The zero-order chi connectivity index (χ0) is 19.4. The van der Waals surface area contributed by atoms with Gasteiger partial charge in [-0.2, -0.15) is 0 Å². The number of carbonyl (C=O) groups is 1. The standard InChI is InChI=1S/C21H19BrClNO3/c1-21(2,27-17-9-7-16(23)8-10-17)20(25)24-13-18-11-12-19(26-18)14-3-5-15(22)6-4-14/h3-12H,13H2,1-2H3,(H,24,25). The van der Waals surface area contributed by atoms with Gasteiger partial charge >= 0.3 is 0 Å². The molecule has 2 aromatic carbocycles. The summed E-state index contributed by atoms with van der Waals surface area (Å²) in [5.74, 6) is 1.76. The second-order valence-electron chi connectivity index (χ2n) is 6.52. The Bertz CT molecular complexity index is 917. The van der Waals surface area contributed by atoms with Crippen LogP contribution in [0.25, 0.3) is 11.3 Å². The van der Waals surface area contributed by atoms with Gasteiger partial charge in [0.1, 0.15) is 17.3 Å². The van der Waals surface area contributed by atoms with E-state index in [1.807, 2.05) is 36.4 Å². The zero-order valence-electron chi connectivity index (χ0n) is 15.0. The summed E-state index contributed by atoms with van der Waals surface area (Å²) in [6.45, 7) is 3.71. The van der Waals surface area contributed by atoms with E-state index in [4.69, 9.17) is 20.8 Å². The van der Waals surface area contributed by atoms with Gasteiger partial charge in [0.05, 0.1) is 6.54 Å². The number of furan rings is 1. The molecule has 1 N–H and O–H groups in total. The summed E-state index contributed by atoms with van der Waals surface area (Å²) in [6, 6.07) is 18.5. The average molecular weight is 449 g/mol. The topological polar surface area (TPSA) is 51.5 Å². The van der Waals surface area contributed by atoms with Gasteiger partial charge in [0, 0.05) is 15.1 Å². The van der Waals surface area contributed by atoms with Crippen LogP contribution in [0.1, 0.15) is 19.6 Å². The summed E-state index contributed by atoms with van der Waals surface area (Å²) in [6.07, 6.45) is 0. The highest BCUT2D eigenvalue weighted by atomic mass is 79.9. The van der Waals surface area contributed by atoms with Gasteiger partial charge in [0.15, 0.2) is 5.60 Å². The summed E-state index contributed by atoms with van der Waals surface area (Å²) in [7, 11) is 0. The second kappa shape index (κ2) is 8.19. The minimum atomic E-state index is -1.03. The molecule has 0 spiro atoms. The first kappa shape index (κ1) is 19.5. The van der Waals surface area contributed by atoms with E-state index in [9.17, 15) is 4.79 Å². The van der Waals surface area contributed by atoms with Crippen LogP contribution in [-0.2, 0) is 11.3 Å². The molecule has 0 aliphatic rings. The number of carbonyl (C=O) groups excluding carboxylic acids is 1. The third-order valence-electron chi connectivity index (χ3n) is 3.95. The SMILES string of the molecule is CC(C)(Oc1ccc(Cl)cc1)C(=O)NCc1ccc(-c2ccc(Br)cc2)o1. The Morgan fingerprint density at radius 2 is 1.74 bits per heavy atom. The van der Waals surface area contributed by atoms with Crippen LogP contribution >= 0.6 is 27.5 Å². The van der Waals surface area contributed by atoms with Gasteiger partial charge in [-0.15, -0.1) is 0 Å². The lowest BCUT2D eigenvalue weighted by molar-refractivity contribution is -0.134. The van der Waals surface area contributed by atoms with Crippen molar-refractivity contribution in [1.29, 1.82) is 0 Å². The van der Waals surface area contributed by atoms with Crippen molar-refractivity contribution in [3.05, 3.63) is 75.9 Å². The molecule has 0 saturated heterocycles. The van der Waals surface area contributed by atoms with Crippen molar-refractivity contribution in [2.75, 3.05) is 0 Å². The number of ether oxygens (including phenoxy) is 1. The third-order valence-corrected chi connectivity index (χ3v) is 4.73. The maximum atomic E-state index is 12.5. The molecule has 0 bridgehead atoms. The van der Waals surface area contributed by atoms with Crippen molar-refractivity contribution in [3.8, 4) is 17.1 Å². The van der Waals surface area contributed by atoms with Crippen LogP contribution in [0.3, 0.4) is 0 Å². The number of halogens is 2. The van der Waals surface area contributed by atoms with Gasteiger partial charge in [-0.25, -0.2) is 0 Å². The molecular weight excluding hydrogens is 430 g/mol. The normalized spacial score (nSPS) is 11.3. The summed E-state index contributed by atoms with van der Waals surface area (Å²) < 4.78 is 12.6. The van der Waals surface area contributed by atoms with E-state index in [0.29, 0.717) is 16.5 Å². The number of nitrogens with one attached hydrogen (secondary N) is 1. The van der Waals surface area contributed by atoms with Crippen LogP contribution < -0.4 is 10.1 Å². The highest BCUT2D eigenvalue weighted by Crippen LogP contribution is 2.24. The molecule has 1 aromatic heterocycles. The van der Waals surface area contributed by atoms with Gasteiger partial charge in [-0.3, -0.25) is 4.79 Å². The van der Waals surface area contributed by atoms with Gasteiger partial charge in [-0.05, 0) is 62.4 Å². The number of amides is 1. The molecule has 3 aromatic rings. The van der Waals surface area contributed by atoms with Crippen molar-refractivity contribution >= 4 is 33.4 Å². The van der Waals surface area contributed by atoms with Gasteiger partial charge in [0.25, 0.3) is 5.91 Å². The van der Waals surface area contributed by atoms with Gasteiger partial charge < -0.3 is 14.5 Å². The van der Waals surface area contributed by atoms with Crippen LogP contribution in [0.4, 0.5) is 0 Å². The predicted molar refractivity (Wildman–Crippen MR) is 110 cm³/mol. The Kier molecular flexibility index (Phi) is 5.92. The maximum Gasteiger partial charge on any atom is 0.263 e. The van der Waals surface area contributed by atoms with E-state index in [-0.39, 0.29) is 12.5 Å². The lowest BCUT2D eigenvalue weighted by Gasteiger charge is -2.25. The number of hydrogen-bond acceptors (Lipinski definition) is 3. The first-order valence-corrected chi connectivity index (χ1v) is 9.58. The number of rotatable bonds is 6. The maximum absolute atomic E-state index is 12.5. The molecule has 0 atom stereocenters. The van der Waals surface area contributed by atoms with Gasteiger partial charge in [0.2, 0.25) is 0 Å². The quantitative estimate of drug-likeness (QED) is 0.516. The monoisotopic (exact) mass is 447 g/mol. The van der Waals surface area contributed by atoms with Crippen molar-refractivity contribution in [2.45, 2.75) is 26.0 Å². The molecule has 4 nitrogen and oxygen atoms in total. The van der Waals surface area contributed by atoms with E-state index >= 15 is 0 Å². The number of benzene rings is 2. The summed E-state index contributed by atoms with van der Waals surface area (Å²) in [4.78, 5) is 12.5. The Morgan fingerprint density at radius 1 is 1.07 bits per heavy atom. The highest BCUT2D eigenvalue weighted by molar-refractivity contribution is 9.10. The molecule has 0 saturated carbocycles. The molecule has 0 aliphatic carbocycles. The van der Waals surface area contributed by atoms with Crippen LogP contribution in [0, 0.1) is 0 Å². The molecule has 0 radical (unpaired) electrons. The fourth-order valence-corrected chi connectivity index (χ4v) is 2.86. The Balaban J connectivity index is 1.59. The van der Waals surface area contributed by atoms with E-state index in [1.54, 1.807) is 38.1 Å². The van der Waals surface area contributed by atoms with Crippen molar-refractivity contribution in [2.24, 2.45) is 0 Å². The number of hydrogen-bond donors (Lipinski definition) is 1. The smallest absolute Gasteiger partial charge is 0.263 e. The average Bonchev–Trinajstić information content (AvgIpc) is 3.11. The second-order valence-corrected chi connectivity index (χ2v) is 7.87. The molecule has 1 amide bonds. The zero-order valence-corrected chi connectivity index (χ0v) is 17.3. The fraction of sp³-hybridized carbons (Fsp3) is 0.190. The van der Waals surface area contributed by atoms with E-state index < -0.39 is 5.60 Å². The molecule has 3 rings (SSSR count). The van der Waals surface area contributed by atoms with Crippen LogP contribution in [-0.4, -0.2) is 11.5 Å². The molecule has 27 heavy (non-hydrogen) atoms. The van der Waals surface area contributed by atoms with E-state index in [1.165, 1.54) is 0 Å². The summed E-state index contributed by atoms with van der Waals surface area (Å²) in [5.41, 5.74) is -0.0585. The third kappa shape index (κ3) is 5.15. The molecule has 0 fully saturated rings. The summed E-state index contributed by atoms with van der Waals surface area (Å²) >= 11 is 9.28. The minimum Gasteiger partial charge on any atom is -0.478 e. The first-order chi connectivity index (χ1) is 12.8. The first-order valence-electron chi connectivity index (χ1n) is 8.41. The molecule has 0 aliphatic heterocycles. The van der Waals surface area contributed by atoms with E-state index in [2.05, 4.69) is 21.2 Å². The Labute approximate surface area is 171 Å². The minimum absolute atomic E-state index is 0.237. The van der Waals surface area contributed by atoms with Crippen molar-refractivity contribution in [3.63, 3.8) is 0 Å². The van der Waals surface area contributed by atoms with Crippen molar-refractivity contribution < 1.29 is 13.9 Å². The van der Waals surface area contributed by atoms with Crippen molar-refractivity contribution in [1.82, 2.24) is 5.32 Å². The molecular formula is C21H19BrClNO3. The lowest BCUT2D eigenvalue weighted by Crippen LogP contribution is -2.46. The largest absolute Gasteiger partial charge is 0.478 e. The van der Waals surface area contributed by atoms with Gasteiger partial charge in [-0.1, -0.05) is 39.7 Å². The summed E-state index contributed by atoms with van der Waals surface area (Å²) in [5, 5.41) is 3.47. The predicted octanol–water partition coefficient (Wildman–Crippen LogP) is 5.84. The Hall–Kier alpha value is -2.24. The molecule has 1 heterocycles. The fourth-order valence-electron chi connectivity index (χ4n) is 2.47. The van der Waals surface area contributed by atoms with Crippen LogP contribution in [0.2, 0.25) is 5.02 Å².